The highest BCUT2D eigenvalue weighted by Crippen LogP contribution is 2.32. The molecule has 0 heterocycles. The Kier molecular flexibility index (Phi) is 6.73. The third-order valence-electron chi connectivity index (χ3n) is 6.12. The van der Waals surface area contributed by atoms with Crippen molar-refractivity contribution in [2.75, 3.05) is 6.54 Å². The number of unbranched alkanes of at least 4 members (excludes halogenated alkanes) is 3. The maximum atomic E-state index is 10.7. The lowest BCUT2D eigenvalue weighted by Gasteiger charge is -2.25. The molecule has 160 valence electrons. The molecular weight excluding hydrogens is 382 g/mol. The van der Waals surface area contributed by atoms with Crippen LogP contribution in [0.3, 0.4) is 0 Å². The van der Waals surface area contributed by atoms with E-state index in [9.17, 15) is 10.2 Å². The topological polar surface area (TPSA) is 43.7 Å². The highest BCUT2D eigenvalue weighted by atomic mass is 16.3. The summed E-state index contributed by atoms with van der Waals surface area (Å²) in [5, 5.41) is 25.8. The highest BCUT2D eigenvalue weighted by molar-refractivity contribution is 5.88. The third kappa shape index (κ3) is 4.83. The van der Waals surface area contributed by atoms with Gasteiger partial charge in [-0.25, -0.2) is 0 Å². The molecule has 0 saturated heterocycles. The third-order valence-corrected chi connectivity index (χ3v) is 6.12. The Balaban J connectivity index is 1.68. The zero-order valence-corrected chi connectivity index (χ0v) is 18.2. The van der Waals surface area contributed by atoms with Crippen molar-refractivity contribution in [3.05, 3.63) is 83.9 Å². The smallest absolute Gasteiger partial charge is 0.120 e. The Morgan fingerprint density at radius 1 is 0.613 bits per heavy atom. The van der Waals surface area contributed by atoms with Crippen molar-refractivity contribution in [3.63, 3.8) is 0 Å². The molecule has 0 unspecified atom stereocenters. The fraction of sp³-hybridized carbons (Fsp3) is 0.286. The molecule has 3 nitrogen and oxygen atoms in total. The van der Waals surface area contributed by atoms with Gasteiger partial charge in [-0.05, 0) is 46.6 Å². The molecule has 2 N–H and O–H groups in total. The lowest BCUT2D eigenvalue weighted by molar-refractivity contribution is 0.246. The van der Waals surface area contributed by atoms with Crippen molar-refractivity contribution in [1.29, 1.82) is 0 Å². The van der Waals surface area contributed by atoms with E-state index in [1.54, 1.807) is 12.1 Å². The van der Waals surface area contributed by atoms with Gasteiger partial charge in [-0.15, -0.1) is 0 Å². The van der Waals surface area contributed by atoms with Crippen LogP contribution < -0.4 is 0 Å². The van der Waals surface area contributed by atoms with Gasteiger partial charge in [0.1, 0.15) is 11.5 Å². The van der Waals surface area contributed by atoms with Crippen LogP contribution in [0.5, 0.6) is 11.5 Å². The predicted octanol–water partition coefficient (Wildman–Crippen LogP) is 6.99. The summed E-state index contributed by atoms with van der Waals surface area (Å²) in [5.74, 6) is 0.666. The molecule has 3 heteroatoms. The zero-order chi connectivity index (χ0) is 21.6. The van der Waals surface area contributed by atoms with Gasteiger partial charge in [-0.2, -0.15) is 0 Å². The molecule has 0 fully saturated rings. The largest absolute Gasteiger partial charge is 0.508 e. The van der Waals surface area contributed by atoms with E-state index in [2.05, 4.69) is 36.1 Å². The van der Waals surface area contributed by atoms with Gasteiger partial charge in [0.25, 0.3) is 0 Å². The molecule has 0 bridgehead atoms. The number of phenolic OH excluding ortho intramolecular Hbond substituents is 2. The molecule has 0 aliphatic carbocycles. The lowest BCUT2D eigenvalue weighted by atomic mass is 10.0. The summed E-state index contributed by atoms with van der Waals surface area (Å²) in [7, 11) is 0. The van der Waals surface area contributed by atoms with Gasteiger partial charge in [0.05, 0.1) is 0 Å². The van der Waals surface area contributed by atoms with E-state index in [1.165, 1.54) is 19.3 Å². The number of rotatable bonds is 9. The quantitative estimate of drug-likeness (QED) is 0.291. The Morgan fingerprint density at radius 3 is 1.65 bits per heavy atom. The second kappa shape index (κ2) is 9.84. The first-order chi connectivity index (χ1) is 15.2. The zero-order valence-electron chi connectivity index (χ0n) is 18.2. The normalized spacial score (nSPS) is 11.5. The molecule has 0 aromatic heterocycles. The Labute approximate surface area is 184 Å². The number of nitrogens with zero attached hydrogens (tertiary/aromatic N) is 1. The van der Waals surface area contributed by atoms with Gasteiger partial charge in [0.15, 0.2) is 0 Å². The van der Waals surface area contributed by atoms with E-state index >= 15 is 0 Å². The molecule has 0 amide bonds. The van der Waals surface area contributed by atoms with Crippen molar-refractivity contribution in [2.45, 2.75) is 45.7 Å². The van der Waals surface area contributed by atoms with Crippen molar-refractivity contribution in [3.8, 4) is 11.5 Å². The molecule has 0 aliphatic rings. The Hall–Kier alpha value is -3.04. The van der Waals surface area contributed by atoms with E-state index in [4.69, 9.17) is 0 Å². The van der Waals surface area contributed by atoms with Crippen molar-refractivity contribution < 1.29 is 10.2 Å². The molecule has 31 heavy (non-hydrogen) atoms. The van der Waals surface area contributed by atoms with Gasteiger partial charge >= 0.3 is 0 Å². The number of phenols is 2. The molecular formula is C28H31NO2. The Morgan fingerprint density at radius 2 is 1.13 bits per heavy atom. The molecule has 0 atom stereocenters. The SMILES string of the molecule is CCCCCCN(Cc1c(O)ccc2ccccc12)Cc1c(O)ccc2ccccc12. The first-order valence-electron chi connectivity index (χ1n) is 11.3. The molecule has 0 saturated carbocycles. The van der Waals surface area contributed by atoms with Crippen LogP contribution in [0.25, 0.3) is 21.5 Å². The van der Waals surface area contributed by atoms with E-state index in [1.807, 2.05) is 36.4 Å². The van der Waals surface area contributed by atoms with Crippen molar-refractivity contribution >= 4 is 21.5 Å². The van der Waals surface area contributed by atoms with Gasteiger partial charge in [-0.3, -0.25) is 4.90 Å². The maximum Gasteiger partial charge on any atom is 0.120 e. The minimum atomic E-state index is 0.333. The fourth-order valence-corrected chi connectivity index (χ4v) is 4.40. The summed E-state index contributed by atoms with van der Waals surface area (Å²) in [6, 6.07) is 23.9. The van der Waals surface area contributed by atoms with Crippen LogP contribution in [0.4, 0.5) is 0 Å². The average molecular weight is 414 g/mol. The van der Waals surface area contributed by atoms with Crippen LogP contribution in [-0.4, -0.2) is 21.7 Å². The van der Waals surface area contributed by atoms with Gasteiger partial charge in [0, 0.05) is 24.2 Å². The number of hydrogen-bond acceptors (Lipinski definition) is 3. The van der Waals surface area contributed by atoms with Crippen LogP contribution in [0, 0.1) is 0 Å². The number of aromatic hydroxyl groups is 2. The van der Waals surface area contributed by atoms with Crippen LogP contribution >= 0.6 is 0 Å². The number of hydrogen-bond donors (Lipinski definition) is 2. The fourth-order valence-electron chi connectivity index (χ4n) is 4.40. The van der Waals surface area contributed by atoms with E-state index < -0.39 is 0 Å². The molecule has 0 spiro atoms. The minimum absolute atomic E-state index is 0.333. The molecule has 0 radical (unpaired) electrons. The monoisotopic (exact) mass is 413 g/mol. The maximum absolute atomic E-state index is 10.7. The summed E-state index contributed by atoms with van der Waals surface area (Å²) in [6.07, 6.45) is 4.72. The first kappa shape index (κ1) is 21.2. The number of fused-ring (bicyclic) bond motifs is 2. The van der Waals surface area contributed by atoms with Gasteiger partial charge in [0.2, 0.25) is 0 Å². The second-order valence-electron chi connectivity index (χ2n) is 8.34. The van der Waals surface area contributed by atoms with Gasteiger partial charge < -0.3 is 10.2 Å². The van der Waals surface area contributed by atoms with E-state index in [-0.39, 0.29) is 0 Å². The van der Waals surface area contributed by atoms with E-state index in [0.29, 0.717) is 24.6 Å². The molecule has 4 aromatic rings. The summed E-state index contributed by atoms with van der Waals surface area (Å²) < 4.78 is 0. The van der Waals surface area contributed by atoms with Crippen LogP contribution in [-0.2, 0) is 13.1 Å². The standard InChI is InChI=1S/C28H31NO2/c1-2-3-4-9-18-29(19-25-23-12-7-5-10-21(23)14-16-27(25)30)20-26-24-13-8-6-11-22(24)15-17-28(26)31/h5-8,10-17,30-31H,2-4,9,18-20H2,1H3. The summed E-state index contributed by atoms with van der Waals surface area (Å²) in [6.45, 7) is 4.43. The minimum Gasteiger partial charge on any atom is -0.508 e. The Bertz CT molecular complexity index is 1080. The summed E-state index contributed by atoms with van der Waals surface area (Å²) >= 11 is 0. The highest BCUT2D eigenvalue weighted by Gasteiger charge is 2.16. The number of benzene rings is 4. The van der Waals surface area contributed by atoms with Crippen LogP contribution in [0.15, 0.2) is 72.8 Å². The summed E-state index contributed by atoms with van der Waals surface area (Å²) in [5.41, 5.74) is 1.90. The van der Waals surface area contributed by atoms with E-state index in [0.717, 1.165) is 45.6 Å². The first-order valence-corrected chi connectivity index (χ1v) is 11.3. The van der Waals surface area contributed by atoms with Crippen molar-refractivity contribution in [1.82, 2.24) is 4.90 Å². The van der Waals surface area contributed by atoms with Crippen molar-refractivity contribution in [2.24, 2.45) is 0 Å². The van der Waals surface area contributed by atoms with Crippen LogP contribution in [0.2, 0.25) is 0 Å². The predicted molar refractivity (Wildman–Crippen MR) is 129 cm³/mol. The summed E-state index contributed by atoms with van der Waals surface area (Å²) in [4.78, 5) is 2.36. The average Bonchev–Trinajstić information content (AvgIpc) is 2.80. The van der Waals surface area contributed by atoms with Gasteiger partial charge in [-0.1, -0.05) is 86.8 Å². The molecule has 4 rings (SSSR count). The van der Waals surface area contributed by atoms with Crippen LogP contribution in [0.1, 0.15) is 43.7 Å². The lowest BCUT2D eigenvalue weighted by Crippen LogP contribution is -2.24. The molecule has 0 aliphatic heterocycles. The molecule has 4 aromatic carbocycles. The second-order valence-corrected chi connectivity index (χ2v) is 8.34.